The van der Waals surface area contributed by atoms with Gasteiger partial charge in [-0.1, -0.05) is 36.1 Å². The standard InChI is InChI=1S/C15H9NO4S2/c17-13-12(8-11-2-1-7-20-11)22-15(21)16(13)10-5-3-9(4-6-10)14(18)19/h1-8H,(H,18,19)/p-1/b12-8+. The molecule has 0 aliphatic carbocycles. The number of aromatic carboxylic acids is 1. The molecule has 0 bridgehead atoms. The average molecular weight is 330 g/mol. The Hall–Kier alpha value is -2.38. The van der Waals surface area contributed by atoms with Crippen molar-refractivity contribution in [2.75, 3.05) is 4.90 Å². The molecule has 0 saturated carbocycles. The van der Waals surface area contributed by atoms with Crippen LogP contribution in [0.25, 0.3) is 6.08 Å². The highest BCUT2D eigenvalue weighted by atomic mass is 32.2. The average Bonchev–Trinajstić information content (AvgIpc) is 3.09. The summed E-state index contributed by atoms with van der Waals surface area (Å²) in [6.07, 6.45) is 3.14. The molecule has 0 radical (unpaired) electrons. The molecule has 1 fully saturated rings. The Morgan fingerprint density at radius 2 is 2.00 bits per heavy atom. The quantitative estimate of drug-likeness (QED) is 0.633. The lowest BCUT2D eigenvalue weighted by Gasteiger charge is -2.15. The summed E-state index contributed by atoms with van der Waals surface area (Å²) in [6.45, 7) is 0. The zero-order valence-electron chi connectivity index (χ0n) is 11.0. The maximum atomic E-state index is 12.4. The van der Waals surface area contributed by atoms with Gasteiger partial charge in [-0.05, 0) is 29.8 Å². The minimum Gasteiger partial charge on any atom is -0.545 e. The van der Waals surface area contributed by atoms with E-state index in [0.29, 0.717) is 20.7 Å². The van der Waals surface area contributed by atoms with Gasteiger partial charge in [0.25, 0.3) is 5.91 Å². The fourth-order valence-corrected chi connectivity index (χ4v) is 3.22. The molecule has 110 valence electrons. The van der Waals surface area contributed by atoms with Crippen LogP contribution in [0.4, 0.5) is 5.69 Å². The third kappa shape index (κ3) is 2.68. The Balaban J connectivity index is 1.90. The number of benzene rings is 1. The van der Waals surface area contributed by atoms with Crippen LogP contribution >= 0.6 is 24.0 Å². The maximum absolute atomic E-state index is 12.4. The van der Waals surface area contributed by atoms with Crippen molar-refractivity contribution in [1.82, 2.24) is 0 Å². The van der Waals surface area contributed by atoms with E-state index in [-0.39, 0.29) is 11.5 Å². The number of hydrogen-bond donors (Lipinski definition) is 0. The minimum atomic E-state index is -1.27. The largest absolute Gasteiger partial charge is 0.545 e. The Bertz CT molecular complexity index is 778. The van der Waals surface area contributed by atoms with Crippen LogP contribution in [0.3, 0.4) is 0 Å². The first kappa shape index (κ1) is 14.6. The summed E-state index contributed by atoms with van der Waals surface area (Å²) >= 11 is 6.39. The second kappa shape index (κ2) is 5.78. The molecule has 0 atom stereocenters. The highest BCUT2D eigenvalue weighted by molar-refractivity contribution is 8.27. The van der Waals surface area contributed by atoms with E-state index in [2.05, 4.69) is 0 Å². The molecule has 5 nitrogen and oxygen atoms in total. The lowest BCUT2D eigenvalue weighted by atomic mass is 10.2. The van der Waals surface area contributed by atoms with Gasteiger partial charge in [-0.2, -0.15) is 0 Å². The predicted octanol–water partition coefficient (Wildman–Crippen LogP) is 2.05. The van der Waals surface area contributed by atoms with Crippen LogP contribution in [-0.4, -0.2) is 16.2 Å². The molecule has 1 aliphatic rings. The van der Waals surface area contributed by atoms with E-state index in [1.807, 2.05) is 0 Å². The molecule has 2 heterocycles. The fraction of sp³-hybridized carbons (Fsp3) is 0. The number of carboxylic acids is 1. The number of hydrogen-bond acceptors (Lipinski definition) is 6. The highest BCUT2D eigenvalue weighted by Gasteiger charge is 2.33. The van der Waals surface area contributed by atoms with Crippen molar-refractivity contribution in [3.8, 4) is 0 Å². The number of rotatable bonds is 3. The lowest BCUT2D eigenvalue weighted by Crippen LogP contribution is -2.28. The van der Waals surface area contributed by atoms with Crippen LogP contribution in [0.15, 0.2) is 52.0 Å². The van der Waals surface area contributed by atoms with Crippen LogP contribution in [-0.2, 0) is 4.79 Å². The van der Waals surface area contributed by atoms with Gasteiger partial charge in [-0.3, -0.25) is 9.69 Å². The van der Waals surface area contributed by atoms with Gasteiger partial charge in [-0.15, -0.1) is 0 Å². The molecule has 1 aromatic heterocycles. The van der Waals surface area contributed by atoms with E-state index < -0.39 is 5.97 Å². The van der Waals surface area contributed by atoms with Gasteiger partial charge in [0.15, 0.2) is 4.32 Å². The summed E-state index contributed by atoms with van der Waals surface area (Å²) < 4.78 is 5.56. The zero-order chi connectivity index (χ0) is 15.7. The summed E-state index contributed by atoms with van der Waals surface area (Å²) in [6, 6.07) is 9.25. The maximum Gasteiger partial charge on any atom is 0.270 e. The first-order chi connectivity index (χ1) is 10.6. The number of anilines is 1. The Labute approximate surface area is 135 Å². The van der Waals surface area contributed by atoms with E-state index in [1.165, 1.54) is 47.2 Å². The molecular weight excluding hydrogens is 322 g/mol. The summed E-state index contributed by atoms with van der Waals surface area (Å²) in [5.74, 6) is -0.977. The Morgan fingerprint density at radius 3 is 2.59 bits per heavy atom. The molecule has 7 heteroatoms. The number of amides is 1. The molecule has 22 heavy (non-hydrogen) atoms. The Kier molecular flexibility index (Phi) is 3.82. The van der Waals surface area contributed by atoms with Crippen LogP contribution in [0.1, 0.15) is 16.1 Å². The van der Waals surface area contributed by atoms with Gasteiger partial charge in [0.05, 0.1) is 22.8 Å². The molecule has 0 unspecified atom stereocenters. The van der Waals surface area contributed by atoms with E-state index >= 15 is 0 Å². The van der Waals surface area contributed by atoms with Crippen molar-refractivity contribution in [3.05, 3.63) is 58.9 Å². The predicted molar refractivity (Wildman–Crippen MR) is 85.1 cm³/mol. The molecule has 1 aliphatic heterocycles. The van der Waals surface area contributed by atoms with E-state index in [4.69, 9.17) is 16.6 Å². The number of carboxylic acid groups (broad SMARTS) is 1. The van der Waals surface area contributed by atoms with Gasteiger partial charge in [0, 0.05) is 6.08 Å². The van der Waals surface area contributed by atoms with Crippen molar-refractivity contribution in [2.45, 2.75) is 0 Å². The molecule has 0 spiro atoms. The van der Waals surface area contributed by atoms with Crippen LogP contribution < -0.4 is 10.0 Å². The van der Waals surface area contributed by atoms with Crippen LogP contribution in [0.5, 0.6) is 0 Å². The molecule has 3 rings (SSSR count). The molecule has 1 aromatic carbocycles. The third-order valence-corrected chi connectivity index (χ3v) is 4.27. The summed E-state index contributed by atoms with van der Waals surface area (Å²) in [5.41, 5.74) is 0.552. The summed E-state index contributed by atoms with van der Waals surface area (Å²) in [7, 11) is 0. The lowest BCUT2D eigenvalue weighted by molar-refractivity contribution is -0.255. The number of thiocarbonyl (C=S) groups is 1. The molecule has 0 N–H and O–H groups in total. The van der Waals surface area contributed by atoms with Crippen molar-refractivity contribution in [1.29, 1.82) is 0 Å². The smallest absolute Gasteiger partial charge is 0.270 e. The molecule has 2 aromatic rings. The van der Waals surface area contributed by atoms with Crippen molar-refractivity contribution in [2.24, 2.45) is 0 Å². The van der Waals surface area contributed by atoms with Crippen LogP contribution in [0.2, 0.25) is 0 Å². The zero-order valence-corrected chi connectivity index (χ0v) is 12.6. The molecule has 1 amide bonds. The van der Waals surface area contributed by atoms with Crippen molar-refractivity contribution in [3.63, 3.8) is 0 Å². The van der Waals surface area contributed by atoms with Gasteiger partial charge >= 0.3 is 0 Å². The normalized spacial score (nSPS) is 16.5. The van der Waals surface area contributed by atoms with Crippen LogP contribution in [0, 0.1) is 0 Å². The van der Waals surface area contributed by atoms with Gasteiger partial charge in [0.1, 0.15) is 5.76 Å². The highest BCUT2D eigenvalue weighted by Crippen LogP contribution is 2.36. The van der Waals surface area contributed by atoms with Gasteiger partial charge in [-0.25, -0.2) is 0 Å². The summed E-state index contributed by atoms with van der Waals surface area (Å²) in [4.78, 5) is 25.0. The second-order valence-electron chi connectivity index (χ2n) is 4.37. The van der Waals surface area contributed by atoms with Gasteiger partial charge < -0.3 is 14.3 Å². The number of furan rings is 1. The monoisotopic (exact) mass is 330 g/mol. The van der Waals surface area contributed by atoms with E-state index in [1.54, 1.807) is 18.2 Å². The Morgan fingerprint density at radius 1 is 1.27 bits per heavy atom. The molecular formula is C15H8NO4S2-. The summed E-state index contributed by atoms with van der Waals surface area (Å²) in [5, 5.41) is 10.8. The molecule has 1 saturated heterocycles. The van der Waals surface area contributed by atoms with E-state index in [9.17, 15) is 14.7 Å². The first-order valence-corrected chi connectivity index (χ1v) is 7.41. The number of thioether (sulfide) groups is 1. The fourth-order valence-electron chi connectivity index (χ4n) is 1.94. The topological polar surface area (TPSA) is 73.6 Å². The van der Waals surface area contributed by atoms with Crippen molar-refractivity contribution < 1.29 is 19.1 Å². The van der Waals surface area contributed by atoms with Gasteiger partial charge in [0.2, 0.25) is 0 Å². The number of carbonyl (C=O) groups is 2. The minimum absolute atomic E-state index is 0.0420. The second-order valence-corrected chi connectivity index (χ2v) is 6.04. The first-order valence-electron chi connectivity index (χ1n) is 6.19. The SMILES string of the molecule is O=C([O-])c1ccc(N2C(=O)/C(=C\c3ccco3)SC2=S)cc1. The number of nitrogens with zero attached hydrogens (tertiary/aromatic N) is 1. The third-order valence-electron chi connectivity index (χ3n) is 2.97. The number of carbonyl (C=O) groups excluding carboxylic acids is 2. The van der Waals surface area contributed by atoms with Crippen molar-refractivity contribution >= 4 is 51.9 Å². The van der Waals surface area contributed by atoms with E-state index in [0.717, 1.165) is 0 Å².